The average Bonchev–Trinajstić information content (AvgIpc) is 2.62. The van der Waals surface area contributed by atoms with E-state index in [2.05, 4.69) is 0 Å². The Kier molecular flexibility index (Phi) is 7.18. The summed E-state index contributed by atoms with van der Waals surface area (Å²) in [4.78, 5) is 10.6. The Labute approximate surface area is 156 Å². The van der Waals surface area contributed by atoms with Crippen LogP contribution in [0.5, 0.6) is 23.0 Å². The lowest BCUT2D eigenvalue weighted by atomic mass is 10.2. The van der Waals surface area contributed by atoms with Crippen molar-refractivity contribution >= 4 is 13.5 Å². The molecule has 0 aliphatic heterocycles. The highest BCUT2D eigenvalue weighted by molar-refractivity contribution is 7.48. The Morgan fingerprint density at radius 1 is 0.963 bits per heavy atom. The van der Waals surface area contributed by atoms with Gasteiger partial charge in [-0.2, -0.15) is 0 Å². The normalized spacial score (nSPS) is 11.1. The molecule has 0 fully saturated rings. The van der Waals surface area contributed by atoms with Gasteiger partial charge in [-0.15, -0.1) is 0 Å². The van der Waals surface area contributed by atoms with Crippen molar-refractivity contribution in [1.82, 2.24) is 0 Å². The molecule has 10 heteroatoms. The van der Waals surface area contributed by atoms with Crippen molar-refractivity contribution < 1.29 is 32.5 Å². The number of ether oxygens (including phenoxy) is 2. The van der Waals surface area contributed by atoms with E-state index in [9.17, 15) is 14.7 Å². The van der Waals surface area contributed by atoms with Crippen LogP contribution < -0.4 is 14.0 Å². The third-order valence-corrected chi connectivity index (χ3v) is 4.78. The zero-order valence-corrected chi connectivity index (χ0v) is 16.0. The lowest BCUT2D eigenvalue weighted by molar-refractivity contribution is -0.385. The zero-order valence-electron chi connectivity index (χ0n) is 15.1. The molecular formula is C17H20NO8P. The summed E-state index contributed by atoms with van der Waals surface area (Å²) >= 11 is 0. The Hall–Kier alpha value is -2.61. The number of phosphoric acid groups is 1. The molecule has 0 aromatic heterocycles. The van der Waals surface area contributed by atoms with Gasteiger partial charge in [0.05, 0.1) is 25.2 Å². The summed E-state index contributed by atoms with van der Waals surface area (Å²) in [6.45, 7) is 3.31. The van der Waals surface area contributed by atoms with Gasteiger partial charge < -0.3 is 14.0 Å². The fraction of sp³-hybridized carbons (Fsp3) is 0.294. The van der Waals surface area contributed by atoms with Crippen LogP contribution in [-0.2, 0) is 13.6 Å². The first-order valence-corrected chi connectivity index (χ1v) is 9.56. The highest BCUT2D eigenvalue weighted by Crippen LogP contribution is 2.51. The zero-order chi connectivity index (χ0) is 19.9. The average molecular weight is 397 g/mol. The van der Waals surface area contributed by atoms with Crippen molar-refractivity contribution in [3.8, 4) is 23.0 Å². The smallest absolute Gasteiger partial charge is 0.497 e. The Morgan fingerprint density at radius 2 is 1.52 bits per heavy atom. The first-order chi connectivity index (χ1) is 12.9. The fourth-order valence-corrected chi connectivity index (χ4v) is 3.29. The molecule has 0 N–H and O–H groups in total. The van der Waals surface area contributed by atoms with Crippen LogP contribution in [0, 0.1) is 10.1 Å². The number of nitrogens with zero attached hydrogens (tertiary/aromatic N) is 1. The molecule has 0 aliphatic carbocycles. The first kappa shape index (κ1) is 20.7. The minimum Gasteiger partial charge on any atom is -0.497 e. The van der Waals surface area contributed by atoms with Crippen molar-refractivity contribution in [2.24, 2.45) is 0 Å². The maximum absolute atomic E-state index is 12.6. The van der Waals surface area contributed by atoms with Gasteiger partial charge in [-0.05, 0) is 44.2 Å². The number of hydrogen-bond acceptors (Lipinski definition) is 8. The molecule has 0 amide bonds. The summed E-state index contributed by atoms with van der Waals surface area (Å²) in [6.07, 6.45) is 0. The van der Waals surface area contributed by atoms with E-state index in [4.69, 9.17) is 23.0 Å². The van der Waals surface area contributed by atoms with Crippen LogP contribution in [0.25, 0.3) is 0 Å². The predicted octanol–water partition coefficient (Wildman–Crippen LogP) is 4.96. The predicted molar refractivity (Wildman–Crippen MR) is 97.7 cm³/mol. The summed E-state index contributed by atoms with van der Waals surface area (Å²) in [5.74, 6) is 1.11. The van der Waals surface area contributed by atoms with Crippen molar-refractivity contribution in [2.45, 2.75) is 13.8 Å². The van der Waals surface area contributed by atoms with E-state index in [1.807, 2.05) is 0 Å². The molecule has 9 nitrogen and oxygen atoms in total. The molecule has 0 saturated carbocycles. The molecule has 0 radical (unpaired) electrons. The quantitative estimate of drug-likeness (QED) is 0.315. The van der Waals surface area contributed by atoms with Gasteiger partial charge in [-0.3, -0.25) is 19.2 Å². The van der Waals surface area contributed by atoms with E-state index in [1.165, 1.54) is 18.2 Å². The Morgan fingerprint density at radius 3 is 2.04 bits per heavy atom. The molecule has 0 bridgehead atoms. The highest BCUT2D eigenvalue weighted by Gasteiger charge is 2.31. The van der Waals surface area contributed by atoms with E-state index < -0.39 is 18.4 Å². The van der Waals surface area contributed by atoms with Crippen molar-refractivity contribution in [1.29, 1.82) is 0 Å². The van der Waals surface area contributed by atoms with Gasteiger partial charge in [0.25, 0.3) is 0 Å². The fourth-order valence-electron chi connectivity index (χ4n) is 2.09. The second-order valence-electron chi connectivity index (χ2n) is 5.04. The number of methoxy groups -OCH3 is 1. The maximum Gasteiger partial charge on any atom is 0.530 e. The van der Waals surface area contributed by atoms with Crippen LogP contribution in [0.4, 0.5) is 5.69 Å². The van der Waals surface area contributed by atoms with Crippen molar-refractivity contribution in [2.75, 3.05) is 20.3 Å². The lowest BCUT2D eigenvalue weighted by Crippen LogP contribution is -2.04. The maximum atomic E-state index is 12.6. The van der Waals surface area contributed by atoms with Crippen LogP contribution in [0.3, 0.4) is 0 Å². The van der Waals surface area contributed by atoms with Crippen LogP contribution in [-0.4, -0.2) is 25.2 Å². The number of nitro groups is 1. The van der Waals surface area contributed by atoms with Gasteiger partial charge in [0, 0.05) is 12.1 Å². The standard InChI is InChI=1S/C17H20NO8P/c1-4-23-27(21,24-5-2)26-17-12-15(10-11-16(17)18(19)20)25-14-8-6-13(22-3)7-9-14/h6-12H,4-5H2,1-3H3. The molecule has 2 rings (SSSR count). The minimum atomic E-state index is -4.00. The molecule has 0 atom stereocenters. The minimum absolute atomic E-state index is 0.0487. The lowest BCUT2D eigenvalue weighted by Gasteiger charge is -2.17. The van der Waals surface area contributed by atoms with Crippen LogP contribution in [0.15, 0.2) is 42.5 Å². The second kappa shape index (κ2) is 9.36. The molecule has 2 aromatic carbocycles. The number of benzene rings is 2. The molecular weight excluding hydrogens is 377 g/mol. The van der Waals surface area contributed by atoms with Gasteiger partial charge in [-0.25, -0.2) is 4.57 Å². The number of phosphoric ester groups is 1. The summed E-state index contributed by atoms with van der Waals surface area (Å²) in [5, 5.41) is 11.3. The number of hydrogen-bond donors (Lipinski definition) is 0. The van der Waals surface area contributed by atoms with Crippen molar-refractivity contribution in [3.63, 3.8) is 0 Å². The SMILES string of the molecule is CCOP(=O)(OCC)Oc1cc(Oc2ccc(OC)cc2)ccc1[N+](=O)[O-]. The van der Waals surface area contributed by atoms with E-state index in [-0.39, 0.29) is 24.7 Å². The van der Waals surface area contributed by atoms with Gasteiger partial charge >= 0.3 is 13.5 Å². The van der Waals surface area contributed by atoms with Gasteiger partial charge in [0.2, 0.25) is 5.75 Å². The Bertz CT molecular complexity index is 814. The third-order valence-electron chi connectivity index (χ3n) is 3.21. The van der Waals surface area contributed by atoms with E-state index in [1.54, 1.807) is 45.2 Å². The van der Waals surface area contributed by atoms with Crippen LogP contribution >= 0.6 is 7.82 Å². The summed E-state index contributed by atoms with van der Waals surface area (Å²) < 4.78 is 38.6. The first-order valence-electron chi connectivity index (χ1n) is 8.09. The number of nitro benzene ring substituents is 1. The molecule has 0 saturated heterocycles. The molecule has 0 aliphatic rings. The highest BCUT2D eigenvalue weighted by atomic mass is 31.2. The largest absolute Gasteiger partial charge is 0.530 e. The molecule has 0 heterocycles. The van der Waals surface area contributed by atoms with Crippen LogP contribution in [0.1, 0.15) is 13.8 Å². The van der Waals surface area contributed by atoms with E-state index in [0.29, 0.717) is 11.5 Å². The van der Waals surface area contributed by atoms with Crippen molar-refractivity contribution in [3.05, 3.63) is 52.6 Å². The molecule has 0 unspecified atom stereocenters. The molecule has 27 heavy (non-hydrogen) atoms. The summed E-state index contributed by atoms with van der Waals surface area (Å²) in [5.41, 5.74) is -0.392. The number of rotatable bonds is 10. The molecule has 146 valence electrons. The summed E-state index contributed by atoms with van der Waals surface area (Å²) in [6, 6.07) is 10.6. The van der Waals surface area contributed by atoms with Gasteiger partial charge in [0.15, 0.2) is 0 Å². The van der Waals surface area contributed by atoms with E-state index >= 15 is 0 Å². The third kappa shape index (κ3) is 5.68. The topological polar surface area (TPSA) is 106 Å². The monoisotopic (exact) mass is 397 g/mol. The molecule has 0 spiro atoms. The van der Waals surface area contributed by atoms with Crippen LogP contribution in [0.2, 0.25) is 0 Å². The second-order valence-corrected chi connectivity index (χ2v) is 6.63. The van der Waals surface area contributed by atoms with E-state index in [0.717, 1.165) is 0 Å². The summed E-state index contributed by atoms with van der Waals surface area (Å²) in [7, 11) is -2.45. The Balaban J connectivity index is 2.32. The van der Waals surface area contributed by atoms with Gasteiger partial charge in [0.1, 0.15) is 17.2 Å². The molecule has 2 aromatic rings. The van der Waals surface area contributed by atoms with Gasteiger partial charge in [-0.1, -0.05) is 0 Å².